The summed E-state index contributed by atoms with van der Waals surface area (Å²) in [7, 11) is 3.07. The van der Waals surface area contributed by atoms with Crippen LogP contribution in [0, 0.1) is 31.6 Å². The van der Waals surface area contributed by atoms with Crippen LogP contribution in [-0.4, -0.2) is 66.4 Å². The van der Waals surface area contributed by atoms with Gasteiger partial charge < -0.3 is 29.5 Å². The van der Waals surface area contributed by atoms with Crippen molar-refractivity contribution in [3.05, 3.63) is 51.6 Å². The Labute approximate surface area is 267 Å². The number of hydrogen-bond donors (Lipinski definition) is 3. The fourth-order valence-electron chi connectivity index (χ4n) is 5.11. The second-order valence-electron chi connectivity index (χ2n) is 9.75. The minimum absolute atomic E-state index is 0.0568. The quantitative estimate of drug-likeness (QED) is 0.248. The molecule has 2 aliphatic carbocycles. The van der Waals surface area contributed by atoms with E-state index in [1.54, 1.807) is 19.2 Å². The number of benzene rings is 2. The van der Waals surface area contributed by atoms with Gasteiger partial charge in [0.1, 0.15) is 23.9 Å². The van der Waals surface area contributed by atoms with Crippen LogP contribution in [-0.2, 0) is 27.1 Å². The molecule has 1 fully saturated rings. The molecule has 1 saturated heterocycles. The molecule has 2 atom stereocenters. The number of aliphatic hydroxyl groups is 1. The molecule has 9 nitrogen and oxygen atoms in total. The molecular weight excluding hydrogens is 576 g/mol. The Balaban J connectivity index is 0.000000949. The minimum atomic E-state index is -0.609. The molecule has 0 radical (unpaired) electrons. The van der Waals surface area contributed by atoms with E-state index < -0.39 is 24.1 Å². The molecule has 1 heterocycles. The number of carbonyl (C=O) groups excluding carboxylic acids is 3. The highest BCUT2D eigenvalue weighted by Gasteiger charge is 2.40. The summed E-state index contributed by atoms with van der Waals surface area (Å²) in [6, 6.07) is 4.59. The molecule has 2 aromatic rings. The van der Waals surface area contributed by atoms with Crippen LogP contribution in [0.4, 0.5) is 0 Å². The fourth-order valence-corrected chi connectivity index (χ4v) is 5.11. The zero-order chi connectivity index (χ0) is 34.7. The molecular formula is C36H48O9. The first-order valence-electron chi connectivity index (χ1n) is 15.1. The largest absolute Gasteiger partial charge is 0.507 e. The molecule has 5 rings (SSSR count). The first-order chi connectivity index (χ1) is 21.7. The number of rotatable bonds is 4. The van der Waals surface area contributed by atoms with Gasteiger partial charge in [0.25, 0.3) is 0 Å². The van der Waals surface area contributed by atoms with Crippen LogP contribution in [0.5, 0.6) is 17.2 Å². The van der Waals surface area contributed by atoms with Gasteiger partial charge in [0.05, 0.1) is 23.8 Å². The minimum Gasteiger partial charge on any atom is -0.507 e. The van der Waals surface area contributed by atoms with E-state index in [2.05, 4.69) is 39.5 Å². The molecule has 0 saturated carbocycles. The Hall–Kier alpha value is -4.15. The van der Waals surface area contributed by atoms with Crippen LogP contribution in [0.15, 0.2) is 18.2 Å². The number of aromatic hydroxyl groups is 2. The van der Waals surface area contributed by atoms with E-state index in [1.165, 1.54) is 32.4 Å². The molecule has 3 N–H and O–H groups in total. The first kappa shape index (κ1) is 40.9. The summed E-state index contributed by atoms with van der Waals surface area (Å²) in [5.41, 5.74) is 0.301. The third-order valence-electron chi connectivity index (χ3n) is 7.04. The number of ketones is 3. The second-order valence-corrected chi connectivity index (χ2v) is 9.75. The van der Waals surface area contributed by atoms with Crippen molar-refractivity contribution in [3.8, 4) is 42.9 Å². The Kier molecular flexibility index (Phi) is 19.5. The van der Waals surface area contributed by atoms with E-state index >= 15 is 0 Å². The molecule has 1 aliphatic heterocycles. The Bertz CT molecular complexity index is 1290. The maximum Gasteiger partial charge on any atom is 0.202 e. The predicted octanol–water partition coefficient (Wildman–Crippen LogP) is 5.65. The van der Waals surface area contributed by atoms with Gasteiger partial charge in [0, 0.05) is 36.3 Å². The molecule has 9 heteroatoms. The Morgan fingerprint density at radius 3 is 1.98 bits per heavy atom. The standard InChI is InChI=1S/C21H18O7.C6H12O2.C3H8.C2H6.2C2H2/c1-28-14-4-2-3-11-15(14)21(27)17-16(19(11)25)20(26)12-7-9(13(23)8-22)5-6-10(12)18(17)24;1-7-6-4-2-3-5-8-6;1-3-2;3*1-2/h2-4,9,22,24,26H,5-8H2,1H3;6H,2-5H2,1H3;3H2,1-2H3;1-2H3;2*1-2H/t;6-;;;;/m.1..../s1. The van der Waals surface area contributed by atoms with E-state index in [1.807, 2.05) is 13.8 Å². The van der Waals surface area contributed by atoms with Gasteiger partial charge in [-0.05, 0) is 44.6 Å². The highest BCUT2D eigenvalue weighted by molar-refractivity contribution is 6.31. The van der Waals surface area contributed by atoms with E-state index in [-0.39, 0.29) is 70.0 Å². The summed E-state index contributed by atoms with van der Waals surface area (Å²) in [4.78, 5) is 38.1. The van der Waals surface area contributed by atoms with E-state index in [4.69, 9.17) is 19.3 Å². The lowest BCUT2D eigenvalue weighted by molar-refractivity contribution is -0.145. The molecule has 0 aromatic heterocycles. The molecule has 3 aliphatic rings. The first-order valence-corrected chi connectivity index (χ1v) is 15.1. The van der Waals surface area contributed by atoms with Gasteiger partial charge >= 0.3 is 0 Å². The van der Waals surface area contributed by atoms with Gasteiger partial charge in [-0.25, -0.2) is 0 Å². The lowest BCUT2D eigenvalue weighted by atomic mass is 9.75. The zero-order valence-electron chi connectivity index (χ0n) is 27.4. The molecule has 0 spiro atoms. The van der Waals surface area contributed by atoms with Crippen molar-refractivity contribution >= 4 is 17.3 Å². The van der Waals surface area contributed by atoms with Crippen LogP contribution in [0.2, 0.25) is 0 Å². The maximum atomic E-state index is 13.1. The number of Topliss-reactive ketones (excluding diaryl/α,β-unsaturated/α-hetero) is 1. The second kappa shape index (κ2) is 21.5. The highest BCUT2D eigenvalue weighted by atomic mass is 16.7. The summed E-state index contributed by atoms with van der Waals surface area (Å²) in [5, 5.41) is 30.7. The Morgan fingerprint density at radius 2 is 1.49 bits per heavy atom. The summed E-state index contributed by atoms with van der Waals surface area (Å²) >= 11 is 0. The van der Waals surface area contributed by atoms with Crippen molar-refractivity contribution < 1.29 is 43.9 Å². The van der Waals surface area contributed by atoms with Crippen LogP contribution in [0.1, 0.15) is 103 Å². The fraction of sp³-hybridized carbons (Fsp3) is 0.472. The lowest BCUT2D eigenvalue weighted by Crippen LogP contribution is -2.28. The van der Waals surface area contributed by atoms with Crippen molar-refractivity contribution in [2.75, 3.05) is 27.4 Å². The number of phenols is 2. The smallest absolute Gasteiger partial charge is 0.202 e. The van der Waals surface area contributed by atoms with E-state index in [0.29, 0.717) is 12.0 Å². The van der Waals surface area contributed by atoms with Gasteiger partial charge in [0.2, 0.25) is 5.78 Å². The molecule has 45 heavy (non-hydrogen) atoms. The third-order valence-corrected chi connectivity index (χ3v) is 7.04. The molecule has 2 aromatic carbocycles. The number of phenolic OH excluding ortho intramolecular Hbond substituents is 2. The molecule has 0 bridgehead atoms. The van der Waals surface area contributed by atoms with Crippen LogP contribution in [0.3, 0.4) is 0 Å². The molecule has 0 amide bonds. The van der Waals surface area contributed by atoms with Gasteiger partial charge in [-0.3, -0.25) is 14.4 Å². The molecule has 1 unspecified atom stereocenters. The van der Waals surface area contributed by atoms with Crippen molar-refractivity contribution in [1.82, 2.24) is 0 Å². The summed E-state index contributed by atoms with van der Waals surface area (Å²) in [5.74, 6) is -2.56. The number of ether oxygens (including phenoxy) is 3. The number of carbonyl (C=O) groups is 3. The van der Waals surface area contributed by atoms with Gasteiger partial charge in [0.15, 0.2) is 17.9 Å². The number of methoxy groups -OCH3 is 2. The van der Waals surface area contributed by atoms with Crippen molar-refractivity contribution in [2.24, 2.45) is 5.92 Å². The third kappa shape index (κ3) is 9.67. The normalized spacial score (nSPS) is 17.0. The maximum absolute atomic E-state index is 13.1. The predicted molar refractivity (Wildman–Crippen MR) is 175 cm³/mol. The number of hydrogen-bond acceptors (Lipinski definition) is 9. The van der Waals surface area contributed by atoms with E-state index in [0.717, 1.165) is 13.0 Å². The number of aliphatic hydroxyl groups excluding tert-OH is 1. The van der Waals surface area contributed by atoms with Gasteiger partial charge in [-0.2, -0.15) is 0 Å². The summed E-state index contributed by atoms with van der Waals surface area (Å²) in [6.45, 7) is 8.51. The van der Waals surface area contributed by atoms with Gasteiger partial charge in [-0.1, -0.05) is 46.2 Å². The van der Waals surface area contributed by atoms with Crippen molar-refractivity contribution in [3.63, 3.8) is 0 Å². The molecule has 246 valence electrons. The zero-order valence-corrected chi connectivity index (χ0v) is 27.4. The highest BCUT2D eigenvalue weighted by Crippen LogP contribution is 2.47. The summed E-state index contributed by atoms with van der Waals surface area (Å²) in [6.07, 6.45) is 21.6. The monoisotopic (exact) mass is 624 g/mol. The Morgan fingerprint density at radius 1 is 0.911 bits per heavy atom. The topological polar surface area (TPSA) is 140 Å². The van der Waals surface area contributed by atoms with E-state index in [9.17, 15) is 24.6 Å². The average Bonchev–Trinajstić information content (AvgIpc) is 3.11. The summed E-state index contributed by atoms with van der Waals surface area (Å²) < 4.78 is 15.4. The van der Waals surface area contributed by atoms with Crippen molar-refractivity contribution in [1.29, 1.82) is 0 Å². The van der Waals surface area contributed by atoms with Crippen LogP contribution < -0.4 is 4.74 Å². The van der Waals surface area contributed by atoms with Crippen LogP contribution in [0.25, 0.3) is 0 Å². The SMILES string of the molecule is C#C.C#C.CC.CCC.CO[C@H]1CCCCO1.COc1cccc2c1C(=O)c1c(O)c3c(c(O)c1C2=O)CC(C(=O)CO)CC3. The van der Waals surface area contributed by atoms with Crippen molar-refractivity contribution in [2.45, 2.75) is 78.9 Å². The lowest BCUT2D eigenvalue weighted by Gasteiger charge is -2.29. The average molecular weight is 625 g/mol. The number of terminal acetylenes is 2. The number of fused-ring (bicyclic) bond motifs is 3. The van der Waals surface area contributed by atoms with Gasteiger partial charge in [-0.15, -0.1) is 25.7 Å². The van der Waals surface area contributed by atoms with Crippen LogP contribution >= 0.6 is 0 Å².